The number of nitrogens with zero attached hydrogens (tertiary/aromatic N) is 3. The van der Waals surface area contributed by atoms with Gasteiger partial charge in [-0.15, -0.1) is 0 Å². The summed E-state index contributed by atoms with van der Waals surface area (Å²) < 4.78 is 76.5. The SMILES string of the molecule is N/C(=N/O)c1nn(-c2c(Cl)cc(C(F)(F)F)cc2Cl)c(N)c1S(=O)(=O)CCF. The zero-order chi connectivity index (χ0) is 21.4. The molecule has 0 saturated carbocycles. The van der Waals surface area contributed by atoms with Gasteiger partial charge in [-0.25, -0.2) is 17.5 Å². The second-order valence-corrected chi connectivity index (χ2v) is 8.11. The molecule has 15 heteroatoms. The van der Waals surface area contributed by atoms with Gasteiger partial charge in [-0.2, -0.15) is 18.3 Å². The first-order valence-electron chi connectivity index (χ1n) is 7.06. The lowest BCUT2D eigenvalue weighted by atomic mass is 10.2. The molecule has 0 radical (unpaired) electrons. The van der Waals surface area contributed by atoms with E-state index in [-0.39, 0.29) is 5.69 Å². The number of benzene rings is 1. The molecule has 1 heterocycles. The number of hydrogen-bond donors (Lipinski definition) is 3. The van der Waals surface area contributed by atoms with Crippen molar-refractivity contribution in [1.29, 1.82) is 0 Å². The van der Waals surface area contributed by atoms with E-state index in [9.17, 15) is 26.0 Å². The maximum atomic E-state index is 12.9. The summed E-state index contributed by atoms with van der Waals surface area (Å²) in [6.07, 6.45) is -4.75. The molecule has 0 atom stereocenters. The van der Waals surface area contributed by atoms with E-state index in [2.05, 4.69) is 10.3 Å². The second-order valence-electron chi connectivity index (χ2n) is 5.25. The zero-order valence-corrected chi connectivity index (χ0v) is 15.8. The van der Waals surface area contributed by atoms with Crippen LogP contribution in [0.4, 0.5) is 23.4 Å². The molecule has 0 unspecified atom stereocenters. The molecule has 1 aromatic carbocycles. The van der Waals surface area contributed by atoms with Gasteiger partial charge in [0.1, 0.15) is 23.1 Å². The first-order chi connectivity index (χ1) is 12.8. The van der Waals surface area contributed by atoms with Gasteiger partial charge >= 0.3 is 6.18 Å². The highest BCUT2D eigenvalue weighted by Gasteiger charge is 2.34. The number of halogens is 6. The summed E-state index contributed by atoms with van der Waals surface area (Å²) in [6, 6.07) is 1.06. The van der Waals surface area contributed by atoms with E-state index in [0.29, 0.717) is 16.8 Å². The van der Waals surface area contributed by atoms with E-state index in [4.69, 9.17) is 39.9 Å². The van der Waals surface area contributed by atoms with Crippen LogP contribution in [0, 0.1) is 0 Å². The van der Waals surface area contributed by atoms with Crippen molar-refractivity contribution in [3.63, 3.8) is 0 Å². The molecule has 0 amide bonds. The van der Waals surface area contributed by atoms with Crippen LogP contribution in [0.25, 0.3) is 5.69 Å². The Morgan fingerprint density at radius 1 is 1.29 bits per heavy atom. The van der Waals surface area contributed by atoms with Crippen LogP contribution in [0.15, 0.2) is 22.2 Å². The largest absolute Gasteiger partial charge is 0.416 e. The van der Waals surface area contributed by atoms with Crippen LogP contribution in [-0.2, 0) is 16.0 Å². The Labute approximate surface area is 165 Å². The maximum Gasteiger partial charge on any atom is 0.416 e. The molecule has 0 spiro atoms. The van der Waals surface area contributed by atoms with Gasteiger partial charge in [0.2, 0.25) is 0 Å². The van der Waals surface area contributed by atoms with Crippen molar-refractivity contribution in [3.05, 3.63) is 33.4 Å². The molecule has 0 aliphatic carbocycles. The van der Waals surface area contributed by atoms with Crippen LogP contribution in [0.2, 0.25) is 10.0 Å². The lowest BCUT2D eigenvalue weighted by Gasteiger charge is -2.13. The fraction of sp³-hybridized carbons (Fsp3) is 0.231. The first kappa shape index (κ1) is 22.0. The molecule has 28 heavy (non-hydrogen) atoms. The van der Waals surface area contributed by atoms with Gasteiger partial charge < -0.3 is 16.7 Å². The third-order valence-electron chi connectivity index (χ3n) is 3.44. The molecule has 0 saturated heterocycles. The van der Waals surface area contributed by atoms with Crippen molar-refractivity contribution in [2.24, 2.45) is 10.9 Å². The van der Waals surface area contributed by atoms with Crippen LogP contribution >= 0.6 is 23.2 Å². The van der Waals surface area contributed by atoms with Gasteiger partial charge in [-0.05, 0) is 12.1 Å². The minimum Gasteiger partial charge on any atom is -0.409 e. The topological polar surface area (TPSA) is 137 Å². The molecule has 0 fully saturated rings. The van der Waals surface area contributed by atoms with Gasteiger partial charge in [0, 0.05) is 0 Å². The fourth-order valence-electron chi connectivity index (χ4n) is 2.24. The predicted molar refractivity (Wildman–Crippen MR) is 93.5 cm³/mol. The third kappa shape index (κ3) is 3.95. The van der Waals surface area contributed by atoms with E-state index in [1.165, 1.54) is 0 Å². The van der Waals surface area contributed by atoms with Crippen LogP contribution in [-0.4, -0.2) is 41.7 Å². The molecule has 2 aromatic rings. The van der Waals surface area contributed by atoms with Crippen molar-refractivity contribution in [2.75, 3.05) is 18.2 Å². The van der Waals surface area contributed by atoms with E-state index in [0.717, 1.165) is 0 Å². The Morgan fingerprint density at radius 3 is 2.25 bits per heavy atom. The van der Waals surface area contributed by atoms with Gasteiger partial charge in [0.05, 0.1) is 21.4 Å². The Morgan fingerprint density at radius 2 is 1.82 bits per heavy atom. The molecule has 1 aromatic heterocycles. The molecule has 154 valence electrons. The molecule has 0 aliphatic rings. The summed E-state index contributed by atoms with van der Waals surface area (Å²) in [5, 5.41) is 14.1. The number of hydrogen-bond acceptors (Lipinski definition) is 6. The average molecular weight is 464 g/mol. The fourth-order valence-corrected chi connectivity index (χ4v) is 4.14. The number of aromatic nitrogens is 2. The summed E-state index contributed by atoms with van der Waals surface area (Å²) in [6.45, 7) is -1.27. The average Bonchev–Trinajstić information content (AvgIpc) is 2.90. The molecular weight excluding hydrogens is 453 g/mol. The number of nitrogen functional groups attached to an aromatic ring is 1. The summed E-state index contributed by atoms with van der Waals surface area (Å²) in [5.41, 5.74) is 8.97. The highest BCUT2D eigenvalue weighted by molar-refractivity contribution is 7.91. The van der Waals surface area contributed by atoms with Crippen molar-refractivity contribution in [2.45, 2.75) is 11.1 Å². The van der Waals surface area contributed by atoms with Gasteiger partial charge in [-0.1, -0.05) is 28.4 Å². The van der Waals surface area contributed by atoms with Crippen molar-refractivity contribution >= 4 is 44.7 Å². The number of alkyl halides is 4. The predicted octanol–water partition coefficient (Wildman–Crippen LogP) is 2.62. The number of nitrogens with two attached hydrogens (primary N) is 2. The Kier molecular flexibility index (Phi) is 6.01. The highest BCUT2D eigenvalue weighted by atomic mass is 35.5. The normalized spacial score (nSPS) is 13.1. The maximum absolute atomic E-state index is 12.9. The van der Waals surface area contributed by atoms with Gasteiger partial charge in [0.25, 0.3) is 0 Å². The third-order valence-corrected chi connectivity index (χ3v) is 5.73. The minimum atomic E-state index is -4.75. The molecule has 8 nitrogen and oxygen atoms in total. The quantitative estimate of drug-likeness (QED) is 0.205. The standard InChI is InChI=1S/C13H11Cl2F4N5O3S/c14-6-3-5(13(17,18)19)4-7(15)9(6)24-12(21)10(28(26,27)2-1-16)8(22-24)11(20)23-25/h3-4,25H,1-2,21H2,(H2,20,23). The van der Waals surface area contributed by atoms with Crippen LogP contribution in [0.3, 0.4) is 0 Å². The summed E-state index contributed by atoms with van der Waals surface area (Å²) in [4.78, 5) is -0.785. The number of rotatable bonds is 5. The summed E-state index contributed by atoms with van der Waals surface area (Å²) >= 11 is 11.8. The van der Waals surface area contributed by atoms with Crippen LogP contribution in [0.5, 0.6) is 0 Å². The number of amidine groups is 1. The smallest absolute Gasteiger partial charge is 0.409 e. The Balaban J connectivity index is 2.84. The number of oxime groups is 1. The lowest BCUT2D eigenvalue weighted by molar-refractivity contribution is -0.137. The van der Waals surface area contributed by atoms with Crippen molar-refractivity contribution in [1.82, 2.24) is 9.78 Å². The summed E-state index contributed by atoms with van der Waals surface area (Å²) in [7, 11) is -4.39. The molecule has 2 rings (SSSR count). The van der Waals surface area contributed by atoms with E-state index in [1.807, 2.05) is 0 Å². The Bertz CT molecular complexity index is 1030. The van der Waals surface area contributed by atoms with E-state index in [1.54, 1.807) is 0 Å². The molecular formula is C13H11Cl2F4N5O3S. The van der Waals surface area contributed by atoms with Crippen molar-refractivity contribution < 1.29 is 31.2 Å². The van der Waals surface area contributed by atoms with E-state index < -0.39 is 66.3 Å². The monoisotopic (exact) mass is 463 g/mol. The highest BCUT2D eigenvalue weighted by Crippen LogP contribution is 2.39. The Hall–Kier alpha value is -2.25. The van der Waals surface area contributed by atoms with E-state index >= 15 is 0 Å². The summed E-state index contributed by atoms with van der Waals surface area (Å²) in [5.74, 6) is -2.45. The lowest BCUT2D eigenvalue weighted by Crippen LogP contribution is -2.19. The van der Waals surface area contributed by atoms with Crippen molar-refractivity contribution in [3.8, 4) is 5.69 Å². The zero-order valence-electron chi connectivity index (χ0n) is 13.5. The second kappa shape index (κ2) is 7.64. The molecule has 0 aliphatic heterocycles. The minimum absolute atomic E-state index is 0.387. The van der Waals surface area contributed by atoms with Crippen LogP contribution in [0.1, 0.15) is 11.3 Å². The number of sulfone groups is 1. The molecule has 0 bridgehead atoms. The van der Waals surface area contributed by atoms with Crippen LogP contribution < -0.4 is 11.5 Å². The number of anilines is 1. The first-order valence-corrected chi connectivity index (χ1v) is 9.47. The molecule has 5 N–H and O–H groups in total. The van der Waals surface area contributed by atoms with Gasteiger partial charge in [-0.3, -0.25) is 0 Å². The van der Waals surface area contributed by atoms with Gasteiger partial charge in [0.15, 0.2) is 21.4 Å².